The van der Waals surface area contributed by atoms with Crippen molar-refractivity contribution in [1.82, 2.24) is 9.88 Å². The van der Waals surface area contributed by atoms with Gasteiger partial charge in [-0.25, -0.2) is 4.98 Å². The molecule has 0 unspecified atom stereocenters. The second-order valence-electron chi connectivity index (χ2n) is 10.6. The number of nitrogens with zero attached hydrogens (tertiary/aromatic N) is 3. The zero-order valence-electron chi connectivity index (χ0n) is 28.1. The zero-order chi connectivity index (χ0) is 33.4. The van der Waals surface area contributed by atoms with Crippen molar-refractivity contribution in [1.29, 1.82) is 0 Å². The van der Waals surface area contributed by atoms with Gasteiger partial charge in [0, 0.05) is 43.8 Å². The first-order valence-electron chi connectivity index (χ1n) is 15.9. The van der Waals surface area contributed by atoms with Gasteiger partial charge in [0.2, 0.25) is 6.41 Å². The van der Waals surface area contributed by atoms with Crippen LogP contribution in [-0.4, -0.2) is 62.1 Å². The van der Waals surface area contributed by atoms with E-state index >= 15 is 0 Å². The molecule has 4 N–H and O–H groups in total. The van der Waals surface area contributed by atoms with Crippen LogP contribution in [0.15, 0.2) is 27.7 Å². The molecule has 2 aromatic rings. The van der Waals surface area contributed by atoms with Gasteiger partial charge in [0.25, 0.3) is 0 Å². The number of aromatic nitrogens is 1. The van der Waals surface area contributed by atoms with Crippen LogP contribution in [0, 0.1) is 18.3 Å². The number of ketones is 1. The zero-order valence-corrected chi connectivity index (χ0v) is 28.1. The maximum atomic E-state index is 11.3. The smallest absolute Gasteiger partial charge is 0.204 e. The van der Waals surface area contributed by atoms with Crippen molar-refractivity contribution in [2.45, 2.75) is 98.3 Å². The highest BCUT2D eigenvalue weighted by molar-refractivity contribution is 5.90. The van der Waals surface area contributed by atoms with Crippen LogP contribution in [0.5, 0.6) is 5.75 Å². The number of primary amides is 1. The van der Waals surface area contributed by atoms with Crippen LogP contribution >= 0.6 is 0 Å². The average Bonchev–Trinajstić information content (AvgIpc) is 3.64. The van der Waals surface area contributed by atoms with Crippen LogP contribution in [0.3, 0.4) is 0 Å². The molecule has 1 aromatic heterocycles. The Balaban J connectivity index is 0.000000889. The van der Waals surface area contributed by atoms with Gasteiger partial charge in [-0.1, -0.05) is 40.5 Å². The molecule has 1 amide bonds. The summed E-state index contributed by atoms with van der Waals surface area (Å²) in [6.45, 7) is 12.2. The highest BCUT2D eigenvalue weighted by Crippen LogP contribution is 2.53. The lowest BCUT2D eigenvalue weighted by atomic mass is 9.94. The molecule has 246 valence electrons. The second-order valence-corrected chi connectivity index (χ2v) is 10.6. The molecular formula is C35H57N5O4. The minimum Gasteiger partial charge on any atom is -0.496 e. The molecule has 9 nitrogen and oxygen atoms in total. The predicted molar refractivity (Wildman–Crippen MR) is 183 cm³/mol. The summed E-state index contributed by atoms with van der Waals surface area (Å²) >= 11 is 0. The first kappa shape index (κ1) is 40.4. The number of carbonyl (C=O) groups is 2. The van der Waals surface area contributed by atoms with E-state index in [1.54, 1.807) is 26.6 Å². The van der Waals surface area contributed by atoms with Gasteiger partial charge < -0.3 is 25.5 Å². The van der Waals surface area contributed by atoms with Crippen LogP contribution in [-0.2, 0) is 16.0 Å². The lowest BCUT2D eigenvalue weighted by Gasteiger charge is -2.30. The molecule has 9 heteroatoms. The van der Waals surface area contributed by atoms with Gasteiger partial charge in [0.05, 0.1) is 18.9 Å². The summed E-state index contributed by atoms with van der Waals surface area (Å²) in [4.78, 5) is 30.8. The Labute approximate surface area is 266 Å². The second kappa shape index (κ2) is 23.8. The first-order chi connectivity index (χ1) is 21.3. The van der Waals surface area contributed by atoms with E-state index in [1.807, 2.05) is 32.9 Å². The molecule has 1 saturated heterocycles. The van der Waals surface area contributed by atoms with E-state index < -0.39 is 0 Å². The number of anilines is 1. The largest absolute Gasteiger partial charge is 0.496 e. The van der Waals surface area contributed by atoms with Crippen molar-refractivity contribution >= 4 is 24.1 Å². The maximum Gasteiger partial charge on any atom is 0.204 e. The number of Topliss-reactive ketones (excluding diaryl/α,β-unsaturated/α-hetero) is 1. The number of terminal acetylenes is 1. The number of piperidine rings is 1. The number of aryl methyl sites for hydroxylation is 1. The minimum absolute atomic E-state index is 0.250. The summed E-state index contributed by atoms with van der Waals surface area (Å²) in [7, 11) is 3.31. The number of ether oxygens (including phenoxy) is 1. The molecule has 2 aliphatic rings. The van der Waals surface area contributed by atoms with Crippen LogP contribution in [0.25, 0.3) is 11.3 Å². The summed E-state index contributed by atoms with van der Waals surface area (Å²) in [5, 5.41) is 0. The van der Waals surface area contributed by atoms with Gasteiger partial charge in [-0.15, -0.1) is 12.8 Å². The fourth-order valence-electron chi connectivity index (χ4n) is 4.92. The molecule has 1 spiro atoms. The van der Waals surface area contributed by atoms with Crippen molar-refractivity contribution in [3.63, 3.8) is 0 Å². The van der Waals surface area contributed by atoms with Crippen LogP contribution in [0.2, 0.25) is 0 Å². The number of methoxy groups -OCH3 is 1. The number of hydrogen-bond acceptors (Lipinski definition) is 8. The molecular weight excluding hydrogens is 554 g/mol. The monoisotopic (exact) mass is 611 g/mol. The summed E-state index contributed by atoms with van der Waals surface area (Å²) in [6.07, 6.45) is 23.9. The number of carbonyl (C=O) groups excluding carboxylic acids is 2. The number of nitrogen functional groups attached to an aromatic ring is 1. The molecule has 1 aliphatic heterocycles. The minimum atomic E-state index is 0.250. The SMILES string of the molecule is C#C.CC.CCC(=O)CCCCCCc1ncc(-c2cc(N)c(C=NC)cc2OC)o1.CCN1CCC2(CC1)CC2.NC=O. The number of oxazole rings is 1. The lowest BCUT2D eigenvalue weighted by molar-refractivity contribution is -0.118. The molecule has 4 rings (SSSR count). The van der Waals surface area contributed by atoms with Gasteiger partial charge in [-0.05, 0) is 75.7 Å². The Bertz CT molecular complexity index is 1110. The Hall–Kier alpha value is -3.64. The van der Waals surface area contributed by atoms with E-state index in [-0.39, 0.29) is 6.41 Å². The standard InChI is InChI=1S/C21H29N3O3.C9H17N.C2H6.C2H2.CH3NO/c1-4-16(25)9-7-5-6-8-10-21-24-14-20(27-21)17-12-18(22)15(13-23-2)11-19(17)26-3;1-2-10-7-5-9(3-4-9)6-8-10;2*1-2;2-1-3/h11-14H,4-10,22H2,1-3H3;2-8H2,1H3;1-2H3;1-2H;1H,(H2,2,3). The molecule has 1 saturated carbocycles. The summed E-state index contributed by atoms with van der Waals surface area (Å²) in [5.74, 6) is 2.36. The molecule has 44 heavy (non-hydrogen) atoms. The number of nitrogens with two attached hydrogens (primary N) is 2. The molecule has 1 aromatic carbocycles. The molecule has 2 heterocycles. The quantitative estimate of drug-likeness (QED) is 0.0894. The molecule has 0 radical (unpaired) electrons. The topological polar surface area (TPSA) is 137 Å². The van der Waals surface area contributed by atoms with Crippen molar-refractivity contribution in [2.75, 3.05) is 39.5 Å². The number of unbranched alkanes of at least 4 members (excludes halogenated alkanes) is 3. The van der Waals surface area contributed by atoms with Crippen molar-refractivity contribution in [3.05, 3.63) is 29.8 Å². The molecule has 0 bridgehead atoms. The third-order valence-corrected chi connectivity index (χ3v) is 7.80. The molecule has 0 atom stereocenters. The number of hydrogen-bond donors (Lipinski definition) is 2. The van der Waals surface area contributed by atoms with Crippen molar-refractivity contribution in [2.24, 2.45) is 16.1 Å². The van der Waals surface area contributed by atoms with E-state index in [0.717, 1.165) is 48.6 Å². The third kappa shape index (κ3) is 14.7. The van der Waals surface area contributed by atoms with Crippen molar-refractivity contribution < 1.29 is 18.7 Å². The van der Waals surface area contributed by atoms with Gasteiger partial charge in [0.1, 0.15) is 11.5 Å². The van der Waals surface area contributed by atoms with E-state index in [0.29, 0.717) is 41.7 Å². The van der Waals surface area contributed by atoms with Gasteiger partial charge in [-0.2, -0.15) is 0 Å². The first-order valence-corrected chi connectivity index (χ1v) is 15.9. The van der Waals surface area contributed by atoms with E-state index in [9.17, 15) is 4.79 Å². The number of rotatable bonds is 12. The van der Waals surface area contributed by atoms with E-state index in [1.165, 1.54) is 45.3 Å². The Morgan fingerprint density at radius 2 is 1.73 bits per heavy atom. The van der Waals surface area contributed by atoms with Gasteiger partial charge in [-0.3, -0.25) is 14.6 Å². The highest BCUT2D eigenvalue weighted by Gasteiger charge is 2.43. The number of amides is 1. The van der Waals surface area contributed by atoms with Crippen LogP contribution in [0.1, 0.15) is 103 Å². The predicted octanol–water partition coefficient (Wildman–Crippen LogP) is 6.71. The lowest BCUT2D eigenvalue weighted by Crippen LogP contribution is -2.34. The highest BCUT2D eigenvalue weighted by atomic mass is 16.5. The van der Waals surface area contributed by atoms with E-state index in [4.69, 9.17) is 19.7 Å². The number of likely N-dealkylation sites (tertiary alicyclic amines) is 1. The fourth-order valence-corrected chi connectivity index (χ4v) is 4.92. The average molecular weight is 612 g/mol. The number of benzene rings is 1. The Morgan fingerprint density at radius 1 is 1.11 bits per heavy atom. The molecule has 1 aliphatic carbocycles. The Morgan fingerprint density at radius 3 is 2.25 bits per heavy atom. The third-order valence-electron chi connectivity index (χ3n) is 7.80. The van der Waals surface area contributed by atoms with Crippen molar-refractivity contribution in [3.8, 4) is 29.9 Å². The normalized spacial score (nSPS) is 14.4. The fraction of sp³-hybridized carbons (Fsp3) is 0.600. The number of aliphatic imine (C=N–C) groups is 1. The molecule has 2 fully saturated rings. The summed E-state index contributed by atoms with van der Waals surface area (Å²) in [6, 6.07) is 3.67. The van der Waals surface area contributed by atoms with Crippen LogP contribution < -0.4 is 16.2 Å². The van der Waals surface area contributed by atoms with Gasteiger partial charge >= 0.3 is 0 Å². The summed E-state index contributed by atoms with van der Waals surface area (Å²) < 4.78 is 11.4. The van der Waals surface area contributed by atoms with E-state index in [2.05, 4.69) is 40.4 Å². The van der Waals surface area contributed by atoms with Crippen LogP contribution in [0.4, 0.5) is 5.69 Å². The van der Waals surface area contributed by atoms with Gasteiger partial charge in [0.15, 0.2) is 11.7 Å². The summed E-state index contributed by atoms with van der Waals surface area (Å²) in [5.41, 5.74) is 13.3. The Kier molecular flexibility index (Phi) is 21.8. The maximum absolute atomic E-state index is 11.3.